The van der Waals surface area contributed by atoms with Gasteiger partial charge in [-0.3, -0.25) is 4.68 Å². The third kappa shape index (κ3) is 2.01. The summed E-state index contributed by atoms with van der Waals surface area (Å²) in [6, 6.07) is 0.178. The molecule has 1 aromatic rings. The van der Waals surface area contributed by atoms with Gasteiger partial charge in [-0.25, -0.2) is 13.6 Å². The third-order valence-electron chi connectivity index (χ3n) is 1.61. The van der Waals surface area contributed by atoms with Crippen molar-refractivity contribution in [2.24, 2.45) is 0 Å². The summed E-state index contributed by atoms with van der Waals surface area (Å²) in [5, 5.41) is 12.0. The molecule has 0 spiro atoms. The molecule has 6 heteroatoms. The van der Waals surface area contributed by atoms with Gasteiger partial charge in [0.25, 0.3) is 6.43 Å². The number of rotatable bonds is 3. The highest BCUT2D eigenvalue weighted by Crippen LogP contribution is 2.17. The molecule has 0 aliphatic rings. The molecule has 1 aromatic heterocycles. The van der Waals surface area contributed by atoms with E-state index in [-0.39, 0.29) is 0 Å². The predicted molar refractivity (Wildman–Crippen MR) is 39.5 cm³/mol. The zero-order valence-electron chi connectivity index (χ0n) is 6.82. The molecule has 0 bridgehead atoms. The van der Waals surface area contributed by atoms with Crippen LogP contribution >= 0.6 is 0 Å². The molecule has 1 rings (SSSR count). The SMILES string of the molecule is C[C@H](C(=O)O)n1ccc(C(F)F)n1. The van der Waals surface area contributed by atoms with Crippen LogP contribution in [0.25, 0.3) is 0 Å². The van der Waals surface area contributed by atoms with Crippen molar-refractivity contribution < 1.29 is 18.7 Å². The van der Waals surface area contributed by atoms with Crippen molar-refractivity contribution >= 4 is 5.97 Å². The van der Waals surface area contributed by atoms with Gasteiger partial charge in [0.2, 0.25) is 0 Å². The zero-order valence-corrected chi connectivity index (χ0v) is 6.82. The Labute approximate surface area is 72.8 Å². The number of nitrogens with zero attached hydrogens (tertiary/aromatic N) is 2. The van der Waals surface area contributed by atoms with Crippen LogP contribution in [0.15, 0.2) is 12.3 Å². The highest BCUT2D eigenvalue weighted by molar-refractivity contribution is 5.71. The number of hydrogen-bond acceptors (Lipinski definition) is 2. The maximum Gasteiger partial charge on any atom is 0.328 e. The van der Waals surface area contributed by atoms with Gasteiger partial charge in [0.15, 0.2) is 0 Å². The monoisotopic (exact) mass is 190 g/mol. The van der Waals surface area contributed by atoms with Crippen LogP contribution in [0.5, 0.6) is 0 Å². The Hall–Kier alpha value is -1.46. The molecule has 0 saturated heterocycles. The number of aliphatic carboxylic acids is 1. The fraction of sp³-hybridized carbons (Fsp3) is 0.429. The lowest BCUT2D eigenvalue weighted by molar-refractivity contribution is -0.140. The Balaban J connectivity index is 2.85. The zero-order chi connectivity index (χ0) is 10.0. The van der Waals surface area contributed by atoms with Crippen LogP contribution in [0.3, 0.4) is 0 Å². The first-order valence-electron chi connectivity index (χ1n) is 3.58. The molecule has 0 amide bonds. The topological polar surface area (TPSA) is 55.1 Å². The molecule has 1 N–H and O–H groups in total. The van der Waals surface area contributed by atoms with Crippen LogP contribution in [0.4, 0.5) is 8.78 Å². The first-order chi connectivity index (χ1) is 6.02. The maximum absolute atomic E-state index is 12.0. The van der Waals surface area contributed by atoms with Gasteiger partial charge in [0.1, 0.15) is 11.7 Å². The molecule has 4 nitrogen and oxygen atoms in total. The summed E-state index contributed by atoms with van der Waals surface area (Å²) in [5.74, 6) is -1.11. The van der Waals surface area contributed by atoms with Crippen molar-refractivity contribution in [1.29, 1.82) is 0 Å². The van der Waals surface area contributed by atoms with E-state index in [1.807, 2.05) is 0 Å². The van der Waals surface area contributed by atoms with E-state index in [4.69, 9.17) is 5.11 Å². The molecule has 0 saturated carbocycles. The van der Waals surface area contributed by atoms with Crippen molar-refractivity contribution in [3.05, 3.63) is 18.0 Å². The molecule has 0 radical (unpaired) electrons. The molecular formula is C7H8F2N2O2. The fourth-order valence-corrected chi connectivity index (χ4v) is 0.798. The number of aromatic nitrogens is 2. The van der Waals surface area contributed by atoms with E-state index in [0.29, 0.717) is 0 Å². The molecular weight excluding hydrogens is 182 g/mol. The molecule has 13 heavy (non-hydrogen) atoms. The average molecular weight is 190 g/mol. The van der Waals surface area contributed by atoms with Crippen LogP contribution in [-0.4, -0.2) is 20.9 Å². The summed E-state index contributed by atoms with van der Waals surface area (Å²) in [5.41, 5.74) is -0.409. The van der Waals surface area contributed by atoms with Crippen LogP contribution in [-0.2, 0) is 4.79 Å². The minimum atomic E-state index is -2.66. The summed E-state index contributed by atoms with van der Waals surface area (Å²) in [6.45, 7) is 1.37. The minimum absolute atomic E-state index is 0.409. The molecule has 0 aliphatic carbocycles. The number of carbonyl (C=O) groups is 1. The number of halogens is 2. The third-order valence-corrected chi connectivity index (χ3v) is 1.61. The van der Waals surface area contributed by atoms with E-state index < -0.39 is 24.1 Å². The van der Waals surface area contributed by atoms with E-state index >= 15 is 0 Å². The van der Waals surface area contributed by atoms with Gasteiger partial charge in [-0.1, -0.05) is 0 Å². The maximum atomic E-state index is 12.0. The Kier molecular flexibility index (Phi) is 2.60. The average Bonchev–Trinajstić information content (AvgIpc) is 2.50. The molecule has 1 heterocycles. The summed E-state index contributed by atoms with van der Waals surface area (Å²) in [6.07, 6.45) is -1.44. The number of hydrogen-bond donors (Lipinski definition) is 1. The van der Waals surface area contributed by atoms with Crippen molar-refractivity contribution in [1.82, 2.24) is 9.78 Å². The summed E-state index contributed by atoms with van der Waals surface area (Å²) in [7, 11) is 0. The van der Waals surface area contributed by atoms with Gasteiger partial charge in [-0.2, -0.15) is 5.10 Å². The van der Waals surface area contributed by atoms with E-state index in [0.717, 1.165) is 10.7 Å². The summed E-state index contributed by atoms with van der Waals surface area (Å²) in [4.78, 5) is 10.4. The van der Waals surface area contributed by atoms with Gasteiger partial charge in [0.05, 0.1) is 0 Å². The van der Waals surface area contributed by atoms with Crippen molar-refractivity contribution in [3.8, 4) is 0 Å². The molecule has 0 aromatic carbocycles. The van der Waals surface area contributed by atoms with Crippen LogP contribution in [0.2, 0.25) is 0 Å². The highest BCUT2D eigenvalue weighted by atomic mass is 19.3. The van der Waals surface area contributed by atoms with Crippen molar-refractivity contribution in [2.75, 3.05) is 0 Å². The largest absolute Gasteiger partial charge is 0.480 e. The van der Waals surface area contributed by atoms with E-state index in [9.17, 15) is 13.6 Å². The van der Waals surface area contributed by atoms with Crippen LogP contribution < -0.4 is 0 Å². The minimum Gasteiger partial charge on any atom is -0.480 e. The van der Waals surface area contributed by atoms with Crippen LogP contribution in [0, 0.1) is 0 Å². The van der Waals surface area contributed by atoms with Crippen molar-refractivity contribution in [2.45, 2.75) is 19.4 Å². The van der Waals surface area contributed by atoms with Gasteiger partial charge in [-0.15, -0.1) is 0 Å². The first-order valence-corrected chi connectivity index (χ1v) is 3.58. The quantitative estimate of drug-likeness (QED) is 0.785. The van der Waals surface area contributed by atoms with E-state index in [2.05, 4.69) is 5.10 Å². The van der Waals surface area contributed by atoms with Gasteiger partial charge in [0, 0.05) is 6.20 Å². The second kappa shape index (κ2) is 3.51. The predicted octanol–water partition coefficient (Wildman–Crippen LogP) is 1.47. The molecule has 1 atom stereocenters. The van der Waals surface area contributed by atoms with Gasteiger partial charge in [-0.05, 0) is 13.0 Å². The van der Waals surface area contributed by atoms with Crippen molar-refractivity contribution in [3.63, 3.8) is 0 Å². The Bertz CT molecular complexity index is 311. The smallest absolute Gasteiger partial charge is 0.328 e. The molecule has 0 unspecified atom stereocenters. The highest BCUT2D eigenvalue weighted by Gasteiger charge is 2.17. The Morgan fingerprint density at radius 1 is 1.69 bits per heavy atom. The van der Waals surface area contributed by atoms with E-state index in [1.165, 1.54) is 13.1 Å². The molecule has 0 aliphatic heterocycles. The van der Waals surface area contributed by atoms with Crippen LogP contribution in [0.1, 0.15) is 25.1 Å². The second-order valence-electron chi connectivity index (χ2n) is 2.54. The number of carboxylic acid groups (broad SMARTS) is 1. The Morgan fingerprint density at radius 3 is 2.69 bits per heavy atom. The number of carboxylic acids is 1. The van der Waals surface area contributed by atoms with Gasteiger partial charge < -0.3 is 5.11 Å². The lowest BCUT2D eigenvalue weighted by Gasteiger charge is -2.05. The summed E-state index contributed by atoms with van der Waals surface area (Å²) >= 11 is 0. The lowest BCUT2D eigenvalue weighted by atomic mass is 10.4. The molecule has 72 valence electrons. The standard InChI is InChI=1S/C7H8F2N2O2/c1-4(7(12)13)11-3-2-5(10-11)6(8)9/h2-4,6H,1H3,(H,12,13)/t4-/m1/s1. The Morgan fingerprint density at radius 2 is 2.31 bits per heavy atom. The summed E-state index contributed by atoms with van der Waals surface area (Å²) < 4.78 is 25.0. The normalized spacial score (nSPS) is 13.2. The number of alkyl halides is 2. The molecule has 0 fully saturated rings. The second-order valence-corrected chi connectivity index (χ2v) is 2.54. The van der Waals surface area contributed by atoms with Gasteiger partial charge >= 0.3 is 5.97 Å². The fourth-order valence-electron chi connectivity index (χ4n) is 0.798. The van der Waals surface area contributed by atoms with E-state index in [1.54, 1.807) is 0 Å². The first kappa shape index (κ1) is 9.63. The lowest BCUT2D eigenvalue weighted by Crippen LogP contribution is -2.16.